The number of benzene rings is 2. The van der Waals surface area contributed by atoms with Crippen LogP contribution in [0.25, 0.3) is 0 Å². The van der Waals surface area contributed by atoms with Gasteiger partial charge in [0.2, 0.25) is 5.91 Å². The molecule has 2 aromatic rings. The summed E-state index contributed by atoms with van der Waals surface area (Å²) in [5, 5.41) is 16.2. The van der Waals surface area contributed by atoms with E-state index in [1.54, 1.807) is 42.0 Å². The quantitative estimate of drug-likeness (QED) is 0.335. The lowest BCUT2D eigenvalue weighted by molar-refractivity contribution is -0.120. The highest BCUT2D eigenvalue weighted by Crippen LogP contribution is 2.30. The molecule has 1 saturated carbocycles. The molecule has 0 saturated heterocycles. The van der Waals surface area contributed by atoms with Gasteiger partial charge in [0.1, 0.15) is 5.75 Å². The van der Waals surface area contributed by atoms with Gasteiger partial charge in [-0.2, -0.15) is 0 Å². The molecule has 4 rings (SSSR count). The molecule has 1 aliphatic carbocycles. The number of ether oxygens (including phenoxy) is 2. The topological polar surface area (TPSA) is 120 Å². The molecule has 10 heteroatoms. The second-order valence-electron chi connectivity index (χ2n) is 13.0. The summed E-state index contributed by atoms with van der Waals surface area (Å²) in [7, 11) is 1.73. The van der Waals surface area contributed by atoms with Crippen molar-refractivity contribution in [3.8, 4) is 5.75 Å². The van der Waals surface area contributed by atoms with Gasteiger partial charge in [-0.3, -0.25) is 9.59 Å². The number of amides is 4. The standard InChI is InChI=1S/C36H52N4O6/c1-25-22-40(26(2)24-41)35(43)31-21-30(37-34(42)28-14-7-5-8-15-28)18-19-32(31)46-27(3)13-11-12-20-45-33(25)23-39(4)36(44)38-29-16-9-6-10-17-29/h6,9-10,16-19,21,25-28,33,41H,5,7-8,11-15,20,22-24H2,1-4H3,(H,37,42)(H,38,44)/t25-,26-,27-,33-/m1/s1. The molecule has 1 aliphatic heterocycles. The number of likely N-dealkylation sites (N-methyl/N-ethyl adjacent to an activating group) is 1. The van der Waals surface area contributed by atoms with Gasteiger partial charge in [0.05, 0.1) is 30.4 Å². The molecule has 0 radical (unpaired) electrons. The monoisotopic (exact) mass is 636 g/mol. The normalized spacial score (nSPS) is 22.5. The number of hydrogen-bond acceptors (Lipinski definition) is 6. The molecule has 0 bridgehead atoms. The summed E-state index contributed by atoms with van der Waals surface area (Å²) in [6, 6.07) is 13.8. The minimum absolute atomic E-state index is 0.0168. The molecule has 10 nitrogen and oxygen atoms in total. The Kier molecular flexibility index (Phi) is 13.3. The van der Waals surface area contributed by atoms with Crippen molar-refractivity contribution in [2.24, 2.45) is 11.8 Å². The van der Waals surface area contributed by atoms with Crippen molar-refractivity contribution in [3.63, 3.8) is 0 Å². The van der Waals surface area contributed by atoms with Gasteiger partial charge in [-0.15, -0.1) is 0 Å². The van der Waals surface area contributed by atoms with Crippen LogP contribution in [0.1, 0.15) is 82.5 Å². The van der Waals surface area contributed by atoms with Crippen LogP contribution >= 0.6 is 0 Å². The predicted molar refractivity (Wildman–Crippen MR) is 180 cm³/mol. The lowest BCUT2D eigenvalue weighted by atomic mass is 9.88. The molecule has 46 heavy (non-hydrogen) atoms. The third-order valence-electron chi connectivity index (χ3n) is 9.12. The number of nitrogens with zero attached hydrogens (tertiary/aromatic N) is 2. The van der Waals surface area contributed by atoms with E-state index >= 15 is 0 Å². The molecule has 2 aromatic carbocycles. The first-order valence-corrected chi connectivity index (χ1v) is 16.9. The lowest BCUT2D eigenvalue weighted by Crippen LogP contribution is -2.48. The fourth-order valence-corrected chi connectivity index (χ4v) is 6.17. The number of nitrogens with one attached hydrogen (secondary N) is 2. The number of fused-ring (bicyclic) bond motifs is 1. The number of aliphatic hydroxyl groups is 1. The van der Waals surface area contributed by atoms with E-state index in [4.69, 9.17) is 9.47 Å². The molecule has 3 N–H and O–H groups in total. The predicted octanol–water partition coefficient (Wildman–Crippen LogP) is 6.16. The van der Waals surface area contributed by atoms with Crippen LogP contribution in [0, 0.1) is 11.8 Å². The van der Waals surface area contributed by atoms with Gasteiger partial charge >= 0.3 is 6.03 Å². The number of anilines is 2. The number of para-hydroxylation sites is 1. The van der Waals surface area contributed by atoms with Crippen molar-refractivity contribution in [1.29, 1.82) is 0 Å². The highest BCUT2D eigenvalue weighted by Gasteiger charge is 2.31. The van der Waals surface area contributed by atoms with Crippen LogP contribution in [0.5, 0.6) is 5.75 Å². The highest BCUT2D eigenvalue weighted by molar-refractivity contribution is 6.00. The lowest BCUT2D eigenvalue weighted by Gasteiger charge is -2.35. The van der Waals surface area contributed by atoms with Crippen molar-refractivity contribution in [3.05, 3.63) is 54.1 Å². The van der Waals surface area contributed by atoms with E-state index in [1.165, 1.54) is 0 Å². The average Bonchev–Trinajstić information content (AvgIpc) is 3.06. The highest BCUT2D eigenvalue weighted by atomic mass is 16.5. The molecule has 1 heterocycles. The number of rotatable bonds is 7. The van der Waals surface area contributed by atoms with Crippen molar-refractivity contribution >= 4 is 29.2 Å². The Morgan fingerprint density at radius 3 is 2.41 bits per heavy atom. The van der Waals surface area contributed by atoms with E-state index in [-0.39, 0.29) is 55.0 Å². The van der Waals surface area contributed by atoms with Crippen molar-refractivity contribution < 1.29 is 29.0 Å². The molecule has 1 fully saturated rings. The second kappa shape index (κ2) is 17.3. The molecule has 2 aliphatic rings. The number of carbonyl (C=O) groups is 3. The molecule has 252 valence electrons. The van der Waals surface area contributed by atoms with E-state index < -0.39 is 6.04 Å². The third kappa shape index (κ3) is 9.93. The minimum atomic E-state index is -0.492. The van der Waals surface area contributed by atoms with Crippen LogP contribution < -0.4 is 15.4 Å². The maximum atomic E-state index is 14.3. The molecule has 4 amide bonds. The van der Waals surface area contributed by atoms with Crippen LogP contribution in [0.15, 0.2) is 48.5 Å². The van der Waals surface area contributed by atoms with Crippen LogP contribution in [-0.4, -0.2) is 84.4 Å². The summed E-state index contributed by atoms with van der Waals surface area (Å²) in [4.78, 5) is 43.7. The van der Waals surface area contributed by atoms with Crippen molar-refractivity contribution in [2.45, 2.75) is 90.4 Å². The van der Waals surface area contributed by atoms with Gasteiger partial charge in [0.25, 0.3) is 5.91 Å². The number of carbonyl (C=O) groups excluding carboxylic acids is 3. The summed E-state index contributed by atoms with van der Waals surface area (Å²) < 4.78 is 12.7. The van der Waals surface area contributed by atoms with Gasteiger partial charge in [0, 0.05) is 50.0 Å². The largest absolute Gasteiger partial charge is 0.490 e. The molecule has 4 atom stereocenters. The van der Waals surface area contributed by atoms with E-state index in [0.717, 1.165) is 51.4 Å². The molecule has 0 aromatic heterocycles. The van der Waals surface area contributed by atoms with E-state index in [9.17, 15) is 19.5 Å². The fourth-order valence-electron chi connectivity index (χ4n) is 6.17. The first kappa shape index (κ1) is 35.2. The van der Waals surface area contributed by atoms with Crippen molar-refractivity contribution in [2.75, 3.05) is 44.0 Å². The number of aliphatic hydroxyl groups excluding tert-OH is 1. The Labute approximate surface area is 273 Å². The van der Waals surface area contributed by atoms with Gasteiger partial charge in [-0.05, 0) is 76.3 Å². The molecule has 0 unspecified atom stereocenters. The summed E-state index contributed by atoms with van der Waals surface area (Å²) in [6.45, 7) is 6.69. The fraction of sp³-hybridized carbons (Fsp3) is 0.583. The van der Waals surface area contributed by atoms with Crippen LogP contribution in [-0.2, 0) is 9.53 Å². The second-order valence-corrected chi connectivity index (χ2v) is 13.0. The Balaban J connectivity index is 1.58. The Morgan fingerprint density at radius 2 is 1.70 bits per heavy atom. The Hall–Kier alpha value is -3.63. The zero-order valence-electron chi connectivity index (χ0n) is 27.9. The zero-order chi connectivity index (χ0) is 33.1. The van der Waals surface area contributed by atoms with Crippen LogP contribution in [0.4, 0.5) is 16.2 Å². The van der Waals surface area contributed by atoms with Gasteiger partial charge < -0.3 is 35.0 Å². The molecule has 0 spiro atoms. The summed E-state index contributed by atoms with van der Waals surface area (Å²) in [5.41, 5.74) is 1.60. The third-order valence-corrected chi connectivity index (χ3v) is 9.12. The van der Waals surface area contributed by atoms with E-state index in [0.29, 0.717) is 35.8 Å². The average molecular weight is 637 g/mol. The Morgan fingerprint density at radius 1 is 0.978 bits per heavy atom. The van der Waals surface area contributed by atoms with Gasteiger partial charge in [-0.1, -0.05) is 44.4 Å². The number of hydrogen-bond donors (Lipinski definition) is 3. The number of urea groups is 1. The SMILES string of the molecule is C[C@@H]1CCCCO[C@H](CN(C)C(=O)Nc2ccccc2)[C@H](C)CN([C@H](C)CO)C(=O)c2cc(NC(=O)C3CCCCC3)ccc2O1. The summed E-state index contributed by atoms with van der Waals surface area (Å²) >= 11 is 0. The Bertz CT molecular complexity index is 1280. The summed E-state index contributed by atoms with van der Waals surface area (Å²) in [5.74, 6) is -0.0540. The first-order chi connectivity index (χ1) is 22.2. The minimum Gasteiger partial charge on any atom is -0.490 e. The van der Waals surface area contributed by atoms with Crippen LogP contribution in [0.3, 0.4) is 0 Å². The summed E-state index contributed by atoms with van der Waals surface area (Å²) in [6.07, 6.45) is 6.98. The van der Waals surface area contributed by atoms with E-state index in [1.807, 2.05) is 44.2 Å². The maximum absolute atomic E-state index is 14.3. The van der Waals surface area contributed by atoms with Gasteiger partial charge in [0.15, 0.2) is 0 Å². The van der Waals surface area contributed by atoms with E-state index in [2.05, 4.69) is 10.6 Å². The molecular weight excluding hydrogens is 584 g/mol. The van der Waals surface area contributed by atoms with Gasteiger partial charge in [-0.25, -0.2) is 4.79 Å². The van der Waals surface area contributed by atoms with Crippen molar-refractivity contribution in [1.82, 2.24) is 9.80 Å². The smallest absolute Gasteiger partial charge is 0.321 e. The maximum Gasteiger partial charge on any atom is 0.321 e. The zero-order valence-corrected chi connectivity index (χ0v) is 27.9. The van der Waals surface area contributed by atoms with Crippen LogP contribution in [0.2, 0.25) is 0 Å². The first-order valence-electron chi connectivity index (χ1n) is 16.9. The molecular formula is C36H52N4O6.